The Labute approximate surface area is 113 Å². The zero-order chi connectivity index (χ0) is 14.2. The summed E-state index contributed by atoms with van der Waals surface area (Å²) in [7, 11) is 3.88. The van der Waals surface area contributed by atoms with E-state index in [0.717, 1.165) is 11.4 Å². The molecule has 0 saturated carbocycles. The second-order valence-corrected chi connectivity index (χ2v) is 5.64. The lowest BCUT2D eigenvalue weighted by Crippen LogP contribution is -2.54. The summed E-state index contributed by atoms with van der Waals surface area (Å²) >= 11 is 0. The fourth-order valence-electron chi connectivity index (χ4n) is 2.24. The van der Waals surface area contributed by atoms with E-state index in [-0.39, 0.29) is 0 Å². The molecule has 1 aliphatic rings. The largest absolute Gasteiger partial charge is 0.388 e. The summed E-state index contributed by atoms with van der Waals surface area (Å²) in [4.78, 5) is 12.7. The first-order valence-corrected chi connectivity index (χ1v) is 6.47. The van der Waals surface area contributed by atoms with Crippen LogP contribution in [0.25, 0.3) is 0 Å². The van der Waals surface area contributed by atoms with Gasteiger partial charge in [-0.2, -0.15) is 4.98 Å². The van der Waals surface area contributed by atoms with Gasteiger partial charge in [0.1, 0.15) is 5.82 Å². The summed E-state index contributed by atoms with van der Waals surface area (Å²) in [5.74, 6) is 1.47. The van der Waals surface area contributed by atoms with Crippen molar-refractivity contribution in [1.82, 2.24) is 9.97 Å². The molecule has 0 bridgehead atoms. The van der Waals surface area contributed by atoms with Crippen LogP contribution >= 0.6 is 0 Å². The van der Waals surface area contributed by atoms with Crippen molar-refractivity contribution in [3.63, 3.8) is 0 Å². The molecule has 2 N–H and O–H groups in total. The summed E-state index contributed by atoms with van der Waals surface area (Å²) in [6.45, 7) is 4.62. The summed E-state index contributed by atoms with van der Waals surface area (Å²) < 4.78 is 0. The molecule has 0 aliphatic carbocycles. The quantitative estimate of drug-likeness (QED) is 0.795. The average Bonchev–Trinajstić information content (AvgIpc) is 2.33. The number of aliphatic hydroxyl groups is 2. The summed E-state index contributed by atoms with van der Waals surface area (Å²) in [5, 5.41) is 19.9. The van der Waals surface area contributed by atoms with E-state index in [9.17, 15) is 10.2 Å². The summed E-state index contributed by atoms with van der Waals surface area (Å²) in [6.07, 6.45) is 1.51. The highest BCUT2D eigenvalue weighted by atomic mass is 16.3. The highest BCUT2D eigenvalue weighted by molar-refractivity contribution is 5.48. The van der Waals surface area contributed by atoms with Crippen molar-refractivity contribution in [1.29, 1.82) is 0 Å². The van der Waals surface area contributed by atoms with Crippen LogP contribution < -0.4 is 9.80 Å². The van der Waals surface area contributed by atoms with Crippen molar-refractivity contribution in [3.8, 4) is 0 Å². The van der Waals surface area contributed by atoms with Crippen molar-refractivity contribution in [2.24, 2.45) is 0 Å². The molecule has 1 aromatic heterocycles. The van der Waals surface area contributed by atoms with Gasteiger partial charge in [0.25, 0.3) is 0 Å². The smallest absolute Gasteiger partial charge is 0.227 e. The molecule has 6 heteroatoms. The van der Waals surface area contributed by atoms with Crippen LogP contribution in [0.2, 0.25) is 0 Å². The molecule has 6 nitrogen and oxygen atoms in total. The van der Waals surface area contributed by atoms with E-state index in [0.29, 0.717) is 25.5 Å². The van der Waals surface area contributed by atoms with Gasteiger partial charge in [-0.15, -0.1) is 0 Å². The molecule has 1 saturated heterocycles. The molecule has 0 radical (unpaired) electrons. The highest BCUT2D eigenvalue weighted by Crippen LogP contribution is 2.25. The zero-order valence-electron chi connectivity index (χ0n) is 12.0. The monoisotopic (exact) mass is 266 g/mol. The van der Waals surface area contributed by atoms with E-state index in [2.05, 4.69) is 9.97 Å². The van der Waals surface area contributed by atoms with Crippen molar-refractivity contribution in [2.75, 3.05) is 37.0 Å². The second-order valence-electron chi connectivity index (χ2n) is 5.64. The average molecular weight is 266 g/mol. The Morgan fingerprint density at radius 1 is 1.47 bits per heavy atom. The zero-order valence-corrected chi connectivity index (χ0v) is 12.0. The van der Waals surface area contributed by atoms with Crippen LogP contribution in [-0.2, 0) is 0 Å². The maximum atomic E-state index is 9.97. The molecular weight excluding hydrogens is 244 g/mol. The Morgan fingerprint density at radius 3 is 2.74 bits per heavy atom. The van der Waals surface area contributed by atoms with Crippen LogP contribution in [0.3, 0.4) is 0 Å². The third-order valence-corrected chi connectivity index (χ3v) is 3.64. The standard InChI is InChI=1S/C13H22N4O2/c1-9-7-14-12(15-11(9)16(3)4)17-6-5-13(2,19)10(18)8-17/h7,10,18-19H,5-6,8H2,1-4H3/t10-,13-/m0/s1. The predicted molar refractivity (Wildman–Crippen MR) is 74.6 cm³/mol. The minimum atomic E-state index is -1.02. The van der Waals surface area contributed by atoms with E-state index < -0.39 is 11.7 Å². The van der Waals surface area contributed by atoms with Crippen molar-refractivity contribution >= 4 is 11.8 Å². The SMILES string of the molecule is Cc1cnc(N2CC[C@](C)(O)[C@@H](O)C2)nc1N(C)C. The molecule has 2 rings (SSSR count). The van der Waals surface area contributed by atoms with Crippen molar-refractivity contribution < 1.29 is 10.2 Å². The normalized spacial score (nSPS) is 27.5. The summed E-state index contributed by atoms with van der Waals surface area (Å²) in [5.41, 5.74) is -0.00993. The maximum Gasteiger partial charge on any atom is 0.227 e. The maximum absolute atomic E-state index is 9.97. The van der Waals surface area contributed by atoms with Gasteiger partial charge in [0.2, 0.25) is 5.95 Å². The molecule has 0 aromatic carbocycles. The Balaban J connectivity index is 2.22. The molecular formula is C13H22N4O2. The fraction of sp³-hybridized carbons (Fsp3) is 0.692. The number of aryl methyl sites for hydroxylation is 1. The first-order chi connectivity index (χ1) is 8.81. The molecule has 2 heterocycles. The van der Waals surface area contributed by atoms with Crippen LogP contribution in [0.1, 0.15) is 18.9 Å². The Morgan fingerprint density at radius 2 is 2.16 bits per heavy atom. The fourth-order valence-corrected chi connectivity index (χ4v) is 2.24. The third kappa shape index (κ3) is 2.79. The number of hydrogen-bond donors (Lipinski definition) is 2. The Bertz CT molecular complexity index is 462. The molecule has 2 atom stereocenters. The molecule has 106 valence electrons. The predicted octanol–water partition coefficient (Wildman–Crippen LogP) is 0.173. The van der Waals surface area contributed by atoms with E-state index in [1.54, 1.807) is 13.1 Å². The third-order valence-electron chi connectivity index (χ3n) is 3.64. The number of piperidine rings is 1. The molecule has 0 amide bonds. The van der Waals surface area contributed by atoms with E-state index >= 15 is 0 Å². The van der Waals surface area contributed by atoms with Gasteiger partial charge in [-0.25, -0.2) is 4.98 Å². The van der Waals surface area contributed by atoms with Gasteiger partial charge in [-0.1, -0.05) is 0 Å². The van der Waals surface area contributed by atoms with Gasteiger partial charge in [-0.3, -0.25) is 0 Å². The molecule has 0 unspecified atom stereocenters. The first-order valence-electron chi connectivity index (χ1n) is 6.47. The lowest BCUT2D eigenvalue weighted by molar-refractivity contribution is -0.0724. The lowest BCUT2D eigenvalue weighted by atomic mass is 9.91. The van der Waals surface area contributed by atoms with Gasteiger partial charge in [0.05, 0.1) is 11.7 Å². The Kier molecular flexibility index (Phi) is 3.64. The van der Waals surface area contributed by atoms with E-state index in [1.165, 1.54) is 0 Å². The summed E-state index contributed by atoms with van der Waals surface area (Å²) in [6, 6.07) is 0. The highest BCUT2D eigenvalue weighted by Gasteiger charge is 2.37. The van der Waals surface area contributed by atoms with Gasteiger partial charge < -0.3 is 20.0 Å². The van der Waals surface area contributed by atoms with Gasteiger partial charge >= 0.3 is 0 Å². The van der Waals surface area contributed by atoms with Crippen LogP contribution in [-0.4, -0.2) is 59.1 Å². The molecule has 19 heavy (non-hydrogen) atoms. The van der Waals surface area contributed by atoms with Crippen molar-refractivity contribution in [3.05, 3.63) is 11.8 Å². The van der Waals surface area contributed by atoms with Gasteiger partial charge in [-0.05, 0) is 20.3 Å². The number of anilines is 2. The van der Waals surface area contributed by atoms with Crippen LogP contribution in [0.15, 0.2) is 6.20 Å². The first kappa shape index (κ1) is 14.0. The minimum Gasteiger partial charge on any atom is -0.388 e. The number of aliphatic hydroxyl groups excluding tert-OH is 1. The van der Waals surface area contributed by atoms with Crippen LogP contribution in [0.5, 0.6) is 0 Å². The number of rotatable bonds is 2. The van der Waals surface area contributed by atoms with Gasteiger partial charge in [0, 0.05) is 38.9 Å². The number of nitrogens with zero attached hydrogens (tertiary/aromatic N) is 4. The minimum absolute atomic E-state index is 0.350. The Hall–Kier alpha value is -1.40. The van der Waals surface area contributed by atoms with Gasteiger partial charge in [0.15, 0.2) is 0 Å². The van der Waals surface area contributed by atoms with E-state index in [1.807, 2.05) is 30.8 Å². The number of hydrogen-bond acceptors (Lipinski definition) is 6. The van der Waals surface area contributed by atoms with Crippen molar-refractivity contribution in [2.45, 2.75) is 32.0 Å². The number of aromatic nitrogens is 2. The molecule has 1 aromatic rings. The second kappa shape index (κ2) is 4.94. The molecule has 1 fully saturated rings. The lowest BCUT2D eigenvalue weighted by Gasteiger charge is -2.40. The van der Waals surface area contributed by atoms with E-state index in [4.69, 9.17) is 0 Å². The molecule has 0 spiro atoms. The van der Waals surface area contributed by atoms with Crippen LogP contribution in [0.4, 0.5) is 11.8 Å². The number of β-amino-alcohol motifs (C(OH)–C–C–N with tert-alkyl or cyclic N) is 1. The molecule has 1 aliphatic heterocycles. The van der Waals surface area contributed by atoms with Crippen LogP contribution in [0, 0.1) is 6.92 Å². The topological polar surface area (TPSA) is 72.7 Å².